The van der Waals surface area contributed by atoms with E-state index in [1.54, 1.807) is 13.1 Å². The van der Waals surface area contributed by atoms with Crippen molar-refractivity contribution in [2.24, 2.45) is 5.92 Å². The maximum atomic E-state index is 12.6. The van der Waals surface area contributed by atoms with Crippen molar-refractivity contribution in [3.63, 3.8) is 0 Å². The van der Waals surface area contributed by atoms with Crippen molar-refractivity contribution in [1.82, 2.24) is 9.88 Å². The molecule has 0 bridgehead atoms. The molecule has 1 atom stereocenters. The lowest BCUT2D eigenvalue weighted by molar-refractivity contribution is -0.137. The highest BCUT2D eigenvalue weighted by atomic mass is 16.3. The Kier molecular flexibility index (Phi) is 5.49. The van der Waals surface area contributed by atoms with Gasteiger partial charge in [-0.3, -0.25) is 9.78 Å². The summed E-state index contributed by atoms with van der Waals surface area (Å²) in [4.78, 5) is 18.7. The molecule has 1 aliphatic heterocycles. The number of amides is 1. The molecule has 1 fully saturated rings. The van der Waals surface area contributed by atoms with Crippen molar-refractivity contribution in [2.45, 2.75) is 38.2 Å². The first-order valence-corrected chi connectivity index (χ1v) is 8.99. The second-order valence-corrected chi connectivity index (χ2v) is 7.21. The number of nitrogens with zero attached hydrogens (tertiary/aromatic N) is 2. The summed E-state index contributed by atoms with van der Waals surface area (Å²) in [5.41, 5.74) is 0.930. The number of likely N-dealkylation sites (tertiary alicyclic amines) is 1. The van der Waals surface area contributed by atoms with E-state index >= 15 is 0 Å². The van der Waals surface area contributed by atoms with Crippen molar-refractivity contribution >= 4 is 5.91 Å². The minimum absolute atomic E-state index is 0.0358. The molecule has 1 N–H and O–H groups in total. The number of carbonyl (C=O) groups excluding carboxylic acids is 1. The van der Waals surface area contributed by atoms with Crippen molar-refractivity contribution < 1.29 is 9.90 Å². The number of aromatic nitrogens is 1. The van der Waals surface area contributed by atoms with Crippen LogP contribution in [0, 0.1) is 5.92 Å². The molecule has 132 valence electrons. The Morgan fingerprint density at radius 2 is 1.92 bits per heavy atom. The molecule has 2 heterocycles. The predicted octanol–water partition coefficient (Wildman–Crippen LogP) is 3.16. The maximum absolute atomic E-state index is 12.6. The Labute approximate surface area is 149 Å². The molecule has 4 heteroatoms. The number of piperidine rings is 1. The van der Waals surface area contributed by atoms with Crippen LogP contribution < -0.4 is 0 Å². The Morgan fingerprint density at radius 3 is 2.56 bits per heavy atom. The highest BCUT2D eigenvalue weighted by Crippen LogP contribution is 2.27. The van der Waals surface area contributed by atoms with Crippen LogP contribution in [0.4, 0.5) is 0 Å². The van der Waals surface area contributed by atoms with E-state index in [9.17, 15) is 9.90 Å². The van der Waals surface area contributed by atoms with Crippen molar-refractivity contribution in [2.75, 3.05) is 13.1 Å². The summed E-state index contributed by atoms with van der Waals surface area (Å²) in [6, 6.07) is 13.5. The molecule has 4 nitrogen and oxygen atoms in total. The van der Waals surface area contributed by atoms with Crippen LogP contribution in [-0.4, -0.2) is 34.0 Å². The average molecular weight is 338 g/mol. The number of pyridine rings is 1. The van der Waals surface area contributed by atoms with Crippen LogP contribution in [0.15, 0.2) is 54.9 Å². The number of hydrogen-bond acceptors (Lipinski definition) is 3. The molecule has 0 aliphatic carbocycles. The van der Waals surface area contributed by atoms with E-state index in [4.69, 9.17) is 0 Å². The first-order chi connectivity index (χ1) is 12.0. The van der Waals surface area contributed by atoms with Gasteiger partial charge in [0.1, 0.15) is 0 Å². The first-order valence-electron chi connectivity index (χ1n) is 8.99. The molecule has 1 saturated heterocycles. The topological polar surface area (TPSA) is 53.4 Å². The summed E-state index contributed by atoms with van der Waals surface area (Å²) in [5, 5.41) is 10.7. The van der Waals surface area contributed by atoms with Gasteiger partial charge < -0.3 is 10.0 Å². The van der Waals surface area contributed by atoms with Crippen LogP contribution in [0.2, 0.25) is 0 Å². The van der Waals surface area contributed by atoms with E-state index < -0.39 is 5.60 Å². The van der Waals surface area contributed by atoms with E-state index in [1.807, 2.05) is 47.5 Å². The molecule has 3 rings (SSSR count). The standard InChI is InChI=1S/C21H26N2O2/c1-21(25,19-7-3-2-4-8-19)15-20(24)23-12-9-17(10-13-23)14-18-6-5-11-22-16-18/h2-8,11,16-17,25H,9-10,12-15H2,1H3. The number of rotatable bonds is 5. The summed E-state index contributed by atoms with van der Waals surface area (Å²) in [6.45, 7) is 3.26. The average Bonchev–Trinajstić information content (AvgIpc) is 2.63. The van der Waals surface area contributed by atoms with E-state index in [0.29, 0.717) is 5.92 Å². The molecular formula is C21H26N2O2. The molecule has 1 aromatic carbocycles. The first kappa shape index (κ1) is 17.6. The molecule has 0 radical (unpaired) electrons. The Morgan fingerprint density at radius 1 is 1.20 bits per heavy atom. The van der Waals surface area contributed by atoms with Gasteiger partial charge in [-0.25, -0.2) is 0 Å². The maximum Gasteiger partial charge on any atom is 0.225 e. The zero-order valence-corrected chi connectivity index (χ0v) is 14.8. The molecule has 1 aliphatic rings. The quantitative estimate of drug-likeness (QED) is 0.911. The van der Waals surface area contributed by atoms with Crippen LogP contribution >= 0.6 is 0 Å². The third kappa shape index (κ3) is 4.67. The van der Waals surface area contributed by atoms with Crippen LogP contribution in [0.1, 0.15) is 37.3 Å². The molecule has 1 amide bonds. The minimum atomic E-state index is -1.12. The largest absolute Gasteiger partial charge is 0.385 e. The number of aliphatic hydroxyl groups is 1. The van der Waals surface area contributed by atoms with Gasteiger partial charge in [-0.15, -0.1) is 0 Å². The fourth-order valence-electron chi connectivity index (χ4n) is 3.54. The van der Waals surface area contributed by atoms with Gasteiger partial charge in [0.15, 0.2) is 0 Å². The Balaban J connectivity index is 1.51. The van der Waals surface area contributed by atoms with Gasteiger partial charge >= 0.3 is 0 Å². The SMILES string of the molecule is CC(O)(CC(=O)N1CCC(Cc2cccnc2)CC1)c1ccccc1. The molecular weight excluding hydrogens is 312 g/mol. The Bertz CT molecular complexity index is 678. The lowest BCUT2D eigenvalue weighted by Gasteiger charge is -2.34. The van der Waals surface area contributed by atoms with Gasteiger partial charge in [-0.1, -0.05) is 36.4 Å². The van der Waals surface area contributed by atoms with Gasteiger partial charge in [-0.05, 0) is 49.3 Å². The fraction of sp³-hybridized carbons (Fsp3) is 0.429. The van der Waals surface area contributed by atoms with Crippen LogP contribution in [-0.2, 0) is 16.8 Å². The van der Waals surface area contributed by atoms with Crippen molar-refractivity contribution in [3.8, 4) is 0 Å². The lowest BCUT2D eigenvalue weighted by atomic mass is 9.89. The highest BCUT2D eigenvalue weighted by molar-refractivity contribution is 5.77. The van der Waals surface area contributed by atoms with E-state index in [2.05, 4.69) is 11.1 Å². The fourth-order valence-corrected chi connectivity index (χ4v) is 3.54. The van der Waals surface area contributed by atoms with Gasteiger partial charge in [0, 0.05) is 25.5 Å². The zero-order chi connectivity index (χ0) is 17.7. The number of carbonyl (C=O) groups is 1. The minimum Gasteiger partial charge on any atom is -0.385 e. The van der Waals surface area contributed by atoms with Crippen molar-refractivity contribution in [1.29, 1.82) is 0 Å². The molecule has 0 saturated carbocycles. The summed E-state index contributed by atoms with van der Waals surface area (Å²) in [6.07, 6.45) is 6.89. The van der Waals surface area contributed by atoms with Crippen molar-refractivity contribution in [3.05, 3.63) is 66.0 Å². The number of hydrogen-bond donors (Lipinski definition) is 1. The molecule has 2 aromatic rings. The van der Waals surface area contributed by atoms with Crippen LogP contribution in [0.25, 0.3) is 0 Å². The smallest absolute Gasteiger partial charge is 0.225 e. The third-order valence-electron chi connectivity index (χ3n) is 5.11. The molecule has 25 heavy (non-hydrogen) atoms. The van der Waals surface area contributed by atoms with Gasteiger partial charge in [0.2, 0.25) is 5.91 Å². The zero-order valence-electron chi connectivity index (χ0n) is 14.8. The number of benzene rings is 1. The molecule has 1 aromatic heterocycles. The van der Waals surface area contributed by atoms with Crippen LogP contribution in [0.3, 0.4) is 0 Å². The normalized spacial score (nSPS) is 17.9. The van der Waals surface area contributed by atoms with Gasteiger partial charge in [-0.2, -0.15) is 0 Å². The Hall–Kier alpha value is -2.20. The highest BCUT2D eigenvalue weighted by Gasteiger charge is 2.30. The molecule has 0 spiro atoms. The van der Waals surface area contributed by atoms with E-state index in [0.717, 1.165) is 37.9 Å². The second kappa shape index (κ2) is 7.79. The van der Waals surface area contributed by atoms with Gasteiger partial charge in [0.05, 0.1) is 12.0 Å². The molecule has 1 unspecified atom stereocenters. The van der Waals surface area contributed by atoms with Gasteiger partial charge in [0.25, 0.3) is 0 Å². The summed E-state index contributed by atoms with van der Waals surface area (Å²) < 4.78 is 0. The lowest BCUT2D eigenvalue weighted by Crippen LogP contribution is -2.41. The summed E-state index contributed by atoms with van der Waals surface area (Å²) >= 11 is 0. The monoisotopic (exact) mass is 338 g/mol. The summed E-state index contributed by atoms with van der Waals surface area (Å²) in [7, 11) is 0. The van der Waals surface area contributed by atoms with Crippen LogP contribution in [0.5, 0.6) is 0 Å². The third-order valence-corrected chi connectivity index (χ3v) is 5.11. The van der Waals surface area contributed by atoms with E-state index in [1.165, 1.54) is 5.56 Å². The summed E-state index contributed by atoms with van der Waals surface area (Å²) in [5.74, 6) is 0.636. The predicted molar refractivity (Wildman–Crippen MR) is 97.9 cm³/mol. The van der Waals surface area contributed by atoms with E-state index in [-0.39, 0.29) is 12.3 Å². The second-order valence-electron chi connectivity index (χ2n) is 7.21.